The van der Waals surface area contributed by atoms with E-state index in [0.29, 0.717) is 0 Å². The maximum atomic E-state index is 6.29. The molecule has 1 aromatic rings. The summed E-state index contributed by atoms with van der Waals surface area (Å²) in [5.74, 6) is 0. The molecule has 1 aliphatic rings. The fourth-order valence-corrected chi connectivity index (χ4v) is 4.97. The van der Waals surface area contributed by atoms with Gasteiger partial charge in [0.1, 0.15) is 0 Å². The van der Waals surface area contributed by atoms with E-state index in [-0.39, 0.29) is 23.7 Å². The molecule has 26 heavy (non-hydrogen) atoms. The monoisotopic (exact) mass is 370 g/mol. The van der Waals surface area contributed by atoms with E-state index in [2.05, 4.69) is 104 Å². The molecule has 0 bridgehead atoms. The molecule has 1 aliphatic heterocycles. The van der Waals surface area contributed by atoms with Crippen LogP contribution in [0.25, 0.3) is 0 Å². The zero-order valence-corrected chi connectivity index (χ0v) is 19.1. The van der Waals surface area contributed by atoms with Crippen molar-refractivity contribution >= 4 is 20.4 Å². The van der Waals surface area contributed by atoms with Gasteiger partial charge in [0.05, 0.1) is 19.3 Å². The number of allylic oxidation sites excluding steroid dienone is 1. The van der Waals surface area contributed by atoms with Crippen molar-refractivity contribution in [3.63, 3.8) is 0 Å². The van der Waals surface area contributed by atoms with Crippen LogP contribution in [0.5, 0.6) is 0 Å². The van der Waals surface area contributed by atoms with Gasteiger partial charge < -0.3 is 9.31 Å². The van der Waals surface area contributed by atoms with Crippen LogP contribution < -0.4 is 5.19 Å². The van der Waals surface area contributed by atoms with Crippen molar-refractivity contribution in [2.75, 3.05) is 0 Å². The van der Waals surface area contributed by atoms with Crippen molar-refractivity contribution in [1.29, 1.82) is 0 Å². The van der Waals surface area contributed by atoms with Crippen molar-refractivity contribution in [2.45, 2.75) is 78.8 Å². The third kappa shape index (κ3) is 4.61. The topological polar surface area (TPSA) is 18.5 Å². The molecule has 0 unspecified atom stereocenters. The van der Waals surface area contributed by atoms with Gasteiger partial charge in [0.25, 0.3) is 0 Å². The molecule has 0 aliphatic carbocycles. The second-order valence-corrected chi connectivity index (χ2v) is 14.8. The molecule has 0 saturated carbocycles. The third-order valence-electron chi connectivity index (χ3n) is 5.72. The van der Waals surface area contributed by atoms with E-state index in [1.165, 1.54) is 5.19 Å². The molecule has 0 aromatic heterocycles. The minimum absolute atomic E-state index is 0.0594. The molecule has 1 aromatic carbocycles. The number of benzene rings is 1. The highest BCUT2D eigenvalue weighted by Crippen LogP contribution is 2.41. The molecule has 4 heteroatoms. The Morgan fingerprint density at radius 3 is 2.00 bits per heavy atom. The lowest BCUT2D eigenvalue weighted by atomic mass is 9.65. The van der Waals surface area contributed by atoms with Crippen LogP contribution in [-0.2, 0) is 9.31 Å². The Labute approximate surface area is 161 Å². The Kier molecular flexibility index (Phi) is 5.85. The van der Waals surface area contributed by atoms with Crippen LogP contribution in [0.1, 0.15) is 48.5 Å². The quantitative estimate of drug-likeness (QED) is 0.525. The number of hydrogen-bond donors (Lipinski definition) is 0. The highest BCUT2D eigenvalue weighted by atomic mass is 28.3. The first-order valence-corrected chi connectivity index (χ1v) is 12.8. The zero-order chi connectivity index (χ0) is 19.8. The van der Waals surface area contributed by atoms with Gasteiger partial charge in [0, 0.05) is 5.47 Å². The first kappa shape index (κ1) is 21.2. The molecular formula is C22H35BO2Si. The highest BCUT2D eigenvalue weighted by Gasteiger charge is 2.53. The summed E-state index contributed by atoms with van der Waals surface area (Å²) in [5.41, 5.74) is 3.96. The average molecular weight is 370 g/mol. The van der Waals surface area contributed by atoms with Gasteiger partial charge in [-0.15, -0.1) is 5.73 Å². The smallest absolute Gasteiger partial charge is 0.399 e. The van der Waals surface area contributed by atoms with E-state index in [1.54, 1.807) is 0 Å². The summed E-state index contributed by atoms with van der Waals surface area (Å²) in [7, 11) is -1.85. The molecular weight excluding hydrogens is 335 g/mol. The van der Waals surface area contributed by atoms with Crippen molar-refractivity contribution in [3.05, 3.63) is 47.6 Å². The lowest BCUT2D eigenvalue weighted by Crippen LogP contribution is -2.41. The van der Waals surface area contributed by atoms with E-state index in [1.807, 2.05) is 0 Å². The Balaban J connectivity index is 2.29. The normalized spacial score (nSPS) is 19.2. The predicted molar refractivity (Wildman–Crippen MR) is 115 cm³/mol. The molecule has 0 spiro atoms. The second kappa shape index (κ2) is 7.16. The average Bonchev–Trinajstić information content (AvgIpc) is 2.71. The fourth-order valence-electron chi connectivity index (χ4n) is 3.02. The van der Waals surface area contributed by atoms with Gasteiger partial charge in [-0.2, -0.15) is 0 Å². The summed E-state index contributed by atoms with van der Waals surface area (Å²) in [6, 6.07) is 11.9. The lowest BCUT2D eigenvalue weighted by Gasteiger charge is -2.32. The van der Waals surface area contributed by atoms with Gasteiger partial charge >= 0.3 is 7.12 Å². The molecule has 0 N–H and O–H groups in total. The molecule has 0 amide bonds. The van der Waals surface area contributed by atoms with Crippen LogP contribution >= 0.6 is 0 Å². The second-order valence-electron chi connectivity index (χ2n) is 10.1. The van der Waals surface area contributed by atoms with Crippen molar-refractivity contribution in [2.24, 2.45) is 5.41 Å². The van der Waals surface area contributed by atoms with Gasteiger partial charge in [0.2, 0.25) is 0 Å². The maximum Gasteiger partial charge on any atom is 0.499 e. The maximum absolute atomic E-state index is 6.29. The van der Waals surface area contributed by atoms with Gasteiger partial charge in [-0.05, 0) is 45.2 Å². The van der Waals surface area contributed by atoms with Crippen LogP contribution in [0.15, 0.2) is 47.6 Å². The van der Waals surface area contributed by atoms with Crippen molar-refractivity contribution in [3.8, 4) is 0 Å². The summed E-state index contributed by atoms with van der Waals surface area (Å²) < 4.78 is 12.6. The Morgan fingerprint density at radius 2 is 1.54 bits per heavy atom. The molecule has 1 saturated heterocycles. The summed E-state index contributed by atoms with van der Waals surface area (Å²) >= 11 is 0. The van der Waals surface area contributed by atoms with E-state index in [9.17, 15) is 0 Å². The van der Waals surface area contributed by atoms with E-state index < -0.39 is 8.07 Å². The lowest BCUT2D eigenvalue weighted by molar-refractivity contribution is 0.00578. The Morgan fingerprint density at radius 1 is 1.04 bits per heavy atom. The Bertz CT molecular complexity index is 677. The van der Waals surface area contributed by atoms with Crippen LogP contribution in [-0.4, -0.2) is 26.4 Å². The van der Waals surface area contributed by atoms with Gasteiger partial charge in [-0.3, -0.25) is 0 Å². The highest BCUT2D eigenvalue weighted by molar-refractivity contribution is 6.90. The third-order valence-corrected chi connectivity index (χ3v) is 8.84. The minimum atomic E-state index is -1.51. The van der Waals surface area contributed by atoms with Crippen LogP contribution in [0.2, 0.25) is 19.1 Å². The van der Waals surface area contributed by atoms with Crippen molar-refractivity contribution in [1.82, 2.24) is 0 Å². The number of rotatable bonds is 4. The molecule has 1 fully saturated rings. The zero-order valence-electron chi connectivity index (χ0n) is 18.1. The molecule has 0 atom stereocenters. The summed E-state index contributed by atoms with van der Waals surface area (Å²) in [6.45, 7) is 19.8. The first-order valence-electron chi connectivity index (χ1n) is 9.63. The van der Waals surface area contributed by atoms with Gasteiger partial charge in [0.15, 0.2) is 0 Å². The SMILES string of the molecule is CC(C)(C)C(=C=CC[Si](C)(C)c1ccccc1)B1OC(C)(C)C(C)(C)O1. The molecule has 2 nitrogen and oxygen atoms in total. The Hall–Kier alpha value is -1.06. The van der Waals surface area contributed by atoms with Crippen LogP contribution in [0, 0.1) is 5.41 Å². The largest absolute Gasteiger partial charge is 0.499 e. The summed E-state index contributed by atoms with van der Waals surface area (Å²) in [5, 5.41) is 1.48. The molecule has 2 rings (SSSR count). The standard InChI is InChI=1S/C22H35BO2Si/c1-20(2,3)19(23-24-21(4,5)22(6,7)25-23)16-13-17-26(8,9)18-14-11-10-12-15-18/h10-15H,17H2,1-9H3. The van der Waals surface area contributed by atoms with Gasteiger partial charge in [-0.1, -0.05) is 69.4 Å². The van der Waals surface area contributed by atoms with Crippen LogP contribution in [0.3, 0.4) is 0 Å². The number of hydrogen-bond acceptors (Lipinski definition) is 2. The minimum Gasteiger partial charge on any atom is -0.399 e. The molecule has 1 heterocycles. The van der Waals surface area contributed by atoms with E-state index in [4.69, 9.17) is 9.31 Å². The predicted octanol–water partition coefficient (Wildman–Crippen LogP) is 5.36. The van der Waals surface area contributed by atoms with Crippen LogP contribution in [0.4, 0.5) is 0 Å². The summed E-state index contributed by atoms with van der Waals surface area (Å²) in [6.07, 6.45) is 2.21. The van der Waals surface area contributed by atoms with E-state index in [0.717, 1.165) is 11.5 Å². The summed E-state index contributed by atoms with van der Waals surface area (Å²) in [4.78, 5) is 0. The van der Waals surface area contributed by atoms with E-state index >= 15 is 0 Å². The van der Waals surface area contributed by atoms with Crippen molar-refractivity contribution < 1.29 is 9.31 Å². The first-order chi connectivity index (χ1) is 11.8. The van der Waals surface area contributed by atoms with Gasteiger partial charge in [-0.25, -0.2) is 0 Å². The fraction of sp³-hybridized carbons (Fsp3) is 0.591. The molecule has 0 radical (unpaired) electrons. The molecule has 142 valence electrons.